The van der Waals surface area contributed by atoms with Crippen molar-refractivity contribution < 1.29 is 8.42 Å². The van der Waals surface area contributed by atoms with E-state index in [1.165, 1.54) is 11.3 Å². The molecule has 0 aliphatic carbocycles. The largest absolute Gasteiger partial charge is 0.337 e. The Labute approximate surface area is 129 Å². The normalized spacial score (nSPS) is 11.9. The summed E-state index contributed by atoms with van der Waals surface area (Å²) in [6.07, 6.45) is 7.11. The number of nitrogens with one attached hydrogen (secondary N) is 2. The third-order valence-corrected chi connectivity index (χ3v) is 5.62. The van der Waals surface area contributed by atoms with Gasteiger partial charge >= 0.3 is 0 Å². The standard InChI is InChI=1S/C13H20N4O2S2/c1-14-10-12-13(4-9-20-12)21(18,19)16-5-2-3-7-17-8-6-15-11-17/h4,6,8-9,11,14,16H,2-3,5,7,10H2,1H3. The minimum Gasteiger partial charge on any atom is -0.337 e. The van der Waals surface area contributed by atoms with E-state index in [-0.39, 0.29) is 0 Å². The van der Waals surface area contributed by atoms with E-state index in [1.54, 1.807) is 31.0 Å². The quantitative estimate of drug-likeness (QED) is 0.683. The molecule has 0 atom stereocenters. The van der Waals surface area contributed by atoms with Crippen molar-refractivity contribution in [2.45, 2.75) is 30.8 Å². The molecular weight excluding hydrogens is 308 g/mol. The van der Waals surface area contributed by atoms with E-state index in [0.717, 1.165) is 24.3 Å². The summed E-state index contributed by atoms with van der Waals surface area (Å²) < 4.78 is 29.1. The van der Waals surface area contributed by atoms with Gasteiger partial charge in [-0.25, -0.2) is 18.1 Å². The molecule has 0 unspecified atom stereocenters. The van der Waals surface area contributed by atoms with Crippen molar-refractivity contribution in [3.63, 3.8) is 0 Å². The highest BCUT2D eigenvalue weighted by molar-refractivity contribution is 7.89. The van der Waals surface area contributed by atoms with E-state index in [0.29, 0.717) is 18.0 Å². The van der Waals surface area contributed by atoms with Crippen molar-refractivity contribution in [1.82, 2.24) is 19.6 Å². The second-order valence-electron chi connectivity index (χ2n) is 4.64. The highest BCUT2D eigenvalue weighted by Gasteiger charge is 2.18. The van der Waals surface area contributed by atoms with Crippen LogP contribution in [0.5, 0.6) is 0 Å². The van der Waals surface area contributed by atoms with Gasteiger partial charge in [-0.2, -0.15) is 0 Å². The van der Waals surface area contributed by atoms with Crippen LogP contribution in [0.4, 0.5) is 0 Å². The van der Waals surface area contributed by atoms with Gasteiger partial charge in [-0.15, -0.1) is 11.3 Å². The lowest BCUT2D eigenvalue weighted by Crippen LogP contribution is -2.25. The number of rotatable bonds is 9. The lowest BCUT2D eigenvalue weighted by atomic mass is 10.3. The smallest absolute Gasteiger partial charge is 0.241 e. The molecule has 2 rings (SSSR count). The van der Waals surface area contributed by atoms with Crippen LogP contribution in [0.2, 0.25) is 0 Å². The van der Waals surface area contributed by atoms with Crippen LogP contribution in [0.25, 0.3) is 0 Å². The first-order chi connectivity index (χ1) is 10.1. The second-order valence-corrected chi connectivity index (χ2v) is 7.38. The van der Waals surface area contributed by atoms with Gasteiger partial charge in [0, 0.05) is 36.9 Å². The van der Waals surface area contributed by atoms with Gasteiger partial charge in [0.2, 0.25) is 10.0 Å². The van der Waals surface area contributed by atoms with Crippen molar-refractivity contribution >= 4 is 21.4 Å². The molecule has 2 aromatic rings. The molecular formula is C13H20N4O2S2. The molecule has 2 N–H and O–H groups in total. The average Bonchev–Trinajstić information content (AvgIpc) is 3.10. The average molecular weight is 328 g/mol. The molecule has 6 nitrogen and oxygen atoms in total. The number of nitrogens with zero attached hydrogens (tertiary/aromatic N) is 2. The Morgan fingerprint density at radius 3 is 2.95 bits per heavy atom. The number of aromatic nitrogens is 2. The minimum atomic E-state index is -3.40. The van der Waals surface area contributed by atoms with Gasteiger partial charge in [0.1, 0.15) is 0 Å². The van der Waals surface area contributed by atoms with Gasteiger partial charge in [0.25, 0.3) is 0 Å². The molecule has 0 aliphatic rings. The predicted molar refractivity (Wildman–Crippen MR) is 83.7 cm³/mol. The Morgan fingerprint density at radius 1 is 1.38 bits per heavy atom. The van der Waals surface area contributed by atoms with Gasteiger partial charge in [-0.05, 0) is 31.3 Å². The fraction of sp³-hybridized carbons (Fsp3) is 0.462. The molecule has 8 heteroatoms. The van der Waals surface area contributed by atoms with E-state index in [1.807, 2.05) is 10.8 Å². The van der Waals surface area contributed by atoms with Crippen LogP contribution in [0.1, 0.15) is 17.7 Å². The number of hydrogen-bond acceptors (Lipinski definition) is 5. The fourth-order valence-corrected chi connectivity index (χ4v) is 4.51. The van der Waals surface area contributed by atoms with E-state index in [4.69, 9.17) is 0 Å². The highest BCUT2D eigenvalue weighted by Crippen LogP contribution is 2.21. The molecule has 0 aliphatic heterocycles. The number of aryl methyl sites for hydroxylation is 1. The summed E-state index contributed by atoms with van der Waals surface area (Å²) in [5.74, 6) is 0. The SMILES string of the molecule is CNCc1sccc1S(=O)(=O)NCCCCn1ccnc1. The van der Waals surface area contributed by atoms with Gasteiger partial charge < -0.3 is 9.88 Å². The molecule has 2 aromatic heterocycles. The Bertz CT molecular complexity index is 635. The maximum atomic E-state index is 12.2. The zero-order valence-electron chi connectivity index (χ0n) is 11.9. The van der Waals surface area contributed by atoms with Crippen LogP contribution in [0.15, 0.2) is 35.1 Å². The first kappa shape index (κ1) is 16.2. The molecule has 0 amide bonds. The van der Waals surface area contributed by atoms with Crippen molar-refractivity contribution in [3.05, 3.63) is 35.0 Å². The van der Waals surface area contributed by atoms with E-state index < -0.39 is 10.0 Å². The fourth-order valence-electron chi connectivity index (χ4n) is 1.98. The maximum Gasteiger partial charge on any atom is 0.241 e. The predicted octanol–water partition coefficient (Wildman–Crippen LogP) is 1.42. The Balaban J connectivity index is 1.79. The number of thiophene rings is 1. The monoisotopic (exact) mass is 328 g/mol. The molecule has 0 radical (unpaired) electrons. The third-order valence-electron chi connectivity index (χ3n) is 3.03. The first-order valence-electron chi connectivity index (χ1n) is 6.80. The Morgan fingerprint density at radius 2 is 2.24 bits per heavy atom. The summed E-state index contributed by atoms with van der Waals surface area (Å²) >= 11 is 1.45. The van der Waals surface area contributed by atoms with E-state index in [9.17, 15) is 8.42 Å². The summed E-state index contributed by atoms with van der Waals surface area (Å²) in [5.41, 5.74) is 0. The summed E-state index contributed by atoms with van der Waals surface area (Å²) in [4.78, 5) is 5.19. The van der Waals surface area contributed by atoms with Gasteiger partial charge in [0.05, 0.1) is 11.2 Å². The van der Waals surface area contributed by atoms with Crippen LogP contribution in [-0.4, -0.2) is 31.6 Å². The van der Waals surface area contributed by atoms with Crippen LogP contribution in [0.3, 0.4) is 0 Å². The van der Waals surface area contributed by atoms with Gasteiger partial charge in [0.15, 0.2) is 0 Å². The van der Waals surface area contributed by atoms with E-state index >= 15 is 0 Å². The number of imidazole rings is 1. The number of hydrogen-bond donors (Lipinski definition) is 2. The second kappa shape index (κ2) is 7.69. The molecule has 0 spiro atoms. The summed E-state index contributed by atoms with van der Waals surface area (Å²) in [6, 6.07) is 1.66. The molecule has 21 heavy (non-hydrogen) atoms. The Kier molecular flexibility index (Phi) is 5.92. The zero-order chi connectivity index (χ0) is 15.1. The van der Waals surface area contributed by atoms with Gasteiger partial charge in [-0.1, -0.05) is 0 Å². The van der Waals surface area contributed by atoms with Crippen LogP contribution in [-0.2, 0) is 23.1 Å². The molecule has 116 valence electrons. The molecule has 2 heterocycles. The maximum absolute atomic E-state index is 12.2. The van der Waals surface area contributed by atoms with Crippen molar-refractivity contribution in [3.8, 4) is 0 Å². The summed E-state index contributed by atoms with van der Waals surface area (Å²) in [6.45, 7) is 1.87. The molecule has 0 fully saturated rings. The lowest BCUT2D eigenvalue weighted by molar-refractivity contribution is 0.565. The van der Waals surface area contributed by atoms with Gasteiger partial charge in [-0.3, -0.25) is 0 Å². The van der Waals surface area contributed by atoms with Crippen LogP contribution >= 0.6 is 11.3 Å². The van der Waals surface area contributed by atoms with E-state index in [2.05, 4.69) is 15.0 Å². The molecule has 0 saturated heterocycles. The summed E-state index contributed by atoms with van der Waals surface area (Å²) in [7, 11) is -1.60. The van der Waals surface area contributed by atoms with Crippen LogP contribution < -0.4 is 10.0 Å². The van der Waals surface area contributed by atoms with Crippen LogP contribution in [0, 0.1) is 0 Å². The molecule has 0 bridgehead atoms. The summed E-state index contributed by atoms with van der Waals surface area (Å²) in [5, 5.41) is 4.79. The number of sulfonamides is 1. The highest BCUT2D eigenvalue weighted by atomic mass is 32.2. The minimum absolute atomic E-state index is 0.386. The van der Waals surface area contributed by atoms with Crippen molar-refractivity contribution in [2.24, 2.45) is 0 Å². The lowest BCUT2D eigenvalue weighted by Gasteiger charge is -2.08. The third kappa shape index (κ3) is 4.63. The molecule has 0 saturated carbocycles. The van der Waals surface area contributed by atoms with Crippen molar-refractivity contribution in [1.29, 1.82) is 0 Å². The zero-order valence-corrected chi connectivity index (χ0v) is 13.6. The topological polar surface area (TPSA) is 76.0 Å². The van der Waals surface area contributed by atoms with Crippen molar-refractivity contribution in [2.75, 3.05) is 13.6 Å². The number of unbranched alkanes of at least 4 members (excludes halogenated alkanes) is 1. The Hall–Kier alpha value is -1.22. The first-order valence-corrected chi connectivity index (χ1v) is 9.16. The molecule has 0 aromatic carbocycles.